The maximum atomic E-state index is 11.9. The van der Waals surface area contributed by atoms with Gasteiger partial charge in [0, 0.05) is 71.8 Å². The Kier molecular flexibility index (Phi) is 10.1. The molecule has 1 aromatic rings. The minimum atomic E-state index is -0.594. The van der Waals surface area contributed by atoms with Crippen LogP contribution < -0.4 is 15.8 Å². The molecule has 0 spiro atoms. The SMILES string of the molecule is CC1(C)C(C2=CCC(COc3cc(C(N)=O)ccn3)CC2)=CCC2(C)C3CCC4[C@H]5CCCC5(NCCN5CCS(=O)CC5)CC[C@@]4(C)C3CCC12. The number of amides is 1. The first-order valence-corrected chi connectivity index (χ1v) is 22.5. The van der Waals surface area contributed by atoms with Gasteiger partial charge in [0.15, 0.2) is 0 Å². The Morgan fingerprint density at radius 1 is 0.962 bits per heavy atom. The van der Waals surface area contributed by atoms with E-state index in [0.29, 0.717) is 40.3 Å². The van der Waals surface area contributed by atoms with Gasteiger partial charge in [0.05, 0.1) is 6.61 Å². The lowest BCUT2D eigenvalue weighted by Gasteiger charge is -2.68. The molecule has 2 heterocycles. The van der Waals surface area contributed by atoms with Gasteiger partial charge in [-0.25, -0.2) is 4.98 Å². The summed E-state index contributed by atoms with van der Waals surface area (Å²) in [6, 6.07) is 3.28. The Labute approximate surface area is 316 Å². The first-order valence-electron chi connectivity index (χ1n) is 21.0. The monoisotopic (exact) mass is 730 g/mol. The predicted octanol–water partition coefficient (Wildman–Crippen LogP) is 7.69. The first kappa shape index (κ1) is 36.9. The third kappa shape index (κ3) is 6.46. The van der Waals surface area contributed by atoms with Gasteiger partial charge in [-0.3, -0.25) is 9.00 Å². The minimum Gasteiger partial charge on any atom is -0.477 e. The Morgan fingerprint density at radius 2 is 1.71 bits per heavy atom. The number of nitrogens with one attached hydrogen (secondary N) is 1. The summed E-state index contributed by atoms with van der Waals surface area (Å²) in [7, 11) is -0.594. The zero-order chi connectivity index (χ0) is 36.3. The molecular formula is C44H66N4O3S. The number of hydrogen-bond acceptors (Lipinski definition) is 6. The highest BCUT2D eigenvalue weighted by Crippen LogP contribution is 2.71. The fourth-order valence-electron chi connectivity index (χ4n) is 14.0. The molecule has 1 amide bonds. The second kappa shape index (κ2) is 14.2. The Morgan fingerprint density at radius 3 is 2.46 bits per heavy atom. The van der Waals surface area contributed by atoms with Crippen molar-refractivity contribution < 1.29 is 13.7 Å². The summed E-state index contributed by atoms with van der Waals surface area (Å²) in [5.74, 6) is 6.33. The molecule has 0 radical (unpaired) electrons. The van der Waals surface area contributed by atoms with Gasteiger partial charge in [-0.1, -0.05) is 46.3 Å². The number of rotatable bonds is 9. The van der Waals surface area contributed by atoms with Crippen LogP contribution in [0.15, 0.2) is 41.6 Å². The van der Waals surface area contributed by atoms with E-state index in [1.807, 2.05) is 0 Å². The molecule has 286 valence electrons. The average molecular weight is 731 g/mol. The molecule has 7 aliphatic rings. The van der Waals surface area contributed by atoms with Crippen molar-refractivity contribution >= 4 is 16.7 Å². The summed E-state index contributed by atoms with van der Waals surface area (Å²) >= 11 is 0. The number of fused-ring (bicyclic) bond motifs is 7. The molecule has 8 rings (SSSR count). The molecule has 0 aromatic carbocycles. The van der Waals surface area contributed by atoms with Gasteiger partial charge in [-0.2, -0.15) is 0 Å². The molecule has 5 fully saturated rings. The van der Waals surface area contributed by atoms with E-state index in [1.54, 1.807) is 29.5 Å². The van der Waals surface area contributed by atoms with Gasteiger partial charge in [0.1, 0.15) is 0 Å². The van der Waals surface area contributed by atoms with Crippen molar-refractivity contribution in [2.75, 3.05) is 44.3 Å². The molecule has 6 aliphatic carbocycles. The summed E-state index contributed by atoms with van der Waals surface area (Å²) < 4.78 is 17.9. The van der Waals surface area contributed by atoms with Crippen molar-refractivity contribution in [3.8, 4) is 5.88 Å². The molecule has 7 nitrogen and oxygen atoms in total. The quantitative estimate of drug-likeness (QED) is 0.271. The van der Waals surface area contributed by atoms with Crippen molar-refractivity contribution in [3.05, 3.63) is 47.2 Å². The smallest absolute Gasteiger partial charge is 0.248 e. The van der Waals surface area contributed by atoms with E-state index in [0.717, 1.165) is 86.5 Å². The number of carbonyl (C=O) groups is 1. The summed E-state index contributed by atoms with van der Waals surface area (Å²) in [6.45, 7) is 15.5. The largest absolute Gasteiger partial charge is 0.477 e. The molecule has 9 atom stereocenters. The third-order valence-electron chi connectivity index (χ3n) is 16.7. The van der Waals surface area contributed by atoms with Crippen LogP contribution in [0.4, 0.5) is 0 Å². The number of carbonyl (C=O) groups excluding carboxylic acids is 1. The second-order valence-corrected chi connectivity index (χ2v) is 21.0. The van der Waals surface area contributed by atoms with Crippen molar-refractivity contribution in [2.45, 2.75) is 117 Å². The van der Waals surface area contributed by atoms with E-state index >= 15 is 0 Å². The van der Waals surface area contributed by atoms with E-state index in [2.05, 4.69) is 55.0 Å². The number of nitrogens with two attached hydrogens (primary N) is 1. The number of allylic oxidation sites excluding steroid dienone is 4. The summed E-state index contributed by atoms with van der Waals surface area (Å²) in [6.07, 6.45) is 24.0. The maximum Gasteiger partial charge on any atom is 0.248 e. The number of nitrogens with zero attached hydrogens (tertiary/aromatic N) is 2. The van der Waals surface area contributed by atoms with Crippen LogP contribution in [0.1, 0.15) is 122 Å². The molecular weight excluding hydrogens is 665 g/mol. The van der Waals surface area contributed by atoms with Crippen LogP contribution in [0, 0.1) is 51.8 Å². The summed E-state index contributed by atoms with van der Waals surface area (Å²) in [5.41, 5.74) is 10.5. The molecule has 4 saturated carbocycles. The number of aromatic nitrogens is 1. The van der Waals surface area contributed by atoms with E-state index in [1.165, 1.54) is 64.2 Å². The van der Waals surface area contributed by atoms with Crippen molar-refractivity contribution in [2.24, 2.45) is 57.5 Å². The van der Waals surface area contributed by atoms with E-state index in [4.69, 9.17) is 10.5 Å². The first-order chi connectivity index (χ1) is 24.9. The van der Waals surface area contributed by atoms with Crippen LogP contribution in [0.5, 0.6) is 5.88 Å². The van der Waals surface area contributed by atoms with Crippen molar-refractivity contribution in [1.82, 2.24) is 15.2 Å². The zero-order valence-corrected chi connectivity index (χ0v) is 33.4. The van der Waals surface area contributed by atoms with E-state index in [-0.39, 0.29) is 5.41 Å². The Hall–Kier alpha value is -2.03. The van der Waals surface area contributed by atoms with Crippen molar-refractivity contribution in [1.29, 1.82) is 0 Å². The highest BCUT2D eigenvalue weighted by Gasteiger charge is 2.65. The van der Waals surface area contributed by atoms with E-state index in [9.17, 15) is 9.00 Å². The fraction of sp³-hybridized carbons (Fsp3) is 0.773. The minimum absolute atomic E-state index is 0.185. The van der Waals surface area contributed by atoms with Crippen LogP contribution >= 0.6 is 0 Å². The number of pyridine rings is 1. The predicted molar refractivity (Wildman–Crippen MR) is 210 cm³/mol. The molecule has 0 bridgehead atoms. The molecule has 7 unspecified atom stereocenters. The van der Waals surface area contributed by atoms with Crippen LogP contribution in [0.3, 0.4) is 0 Å². The normalized spacial score (nSPS) is 40.4. The highest BCUT2D eigenvalue weighted by molar-refractivity contribution is 7.85. The number of ether oxygens (including phenoxy) is 1. The van der Waals surface area contributed by atoms with Gasteiger partial charge >= 0.3 is 0 Å². The van der Waals surface area contributed by atoms with Crippen molar-refractivity contribution in [3.63, 3.8) is 0 Å². The standard InChI is InChI=1S/C44H66N4O3S/c1-41(2)33(31-9-7-30(8-10-31)29-51-39-28-32(40(45)49)16-21-46-39)15-18-43(4)35-11-12-36-37-6-5-17-44(37,47-22-23-48-24-26-52(50)27-25-48)20-19-42(36,3)34(35)13-14-38(41)43/h9,15-16,21,28,30,34-38,47H,5-8,10-14,17-20,22-27,29H2,1-4H3,(H2,45,49)/t30?,34?,35?,36?,37-,38?,42+,43?,44?/m1/s1. The molecule has 52 heavy (non-hydrogen) atoms. The Bertz CT molecular complexity index is 1600. The van der Waals surface area contributed by atoms with Crippen LogP contribution in [0.25, 0.3) is 0 Å². The summed E-state index contributed by atoms with van der Waals surface area (Å²) in [5, 5.41) is 4.24. The molecule has 1 aliphatic heterocycles. The number of primary amides is 1. The molecule has 8 heteroatoms. The molecule has 3 N–H and O–H groups in total. The topological polar surface area (TPSA) is 97.6 Å². The third-order valence-corrected chi connectivity index (χ3v) is 17.9. The van der Waals surface area contributed by atoms with Gasteiger partial charge in [-0.05, 0) is 146 Å². The van der Waals surface area contributed by atoms with Crippen LogP contribution in [-0.2, 0) is 10.8 Å². The lowest BCUT2D eigenvalue weighted by atomic mass is 9.38. The lowest BCUT2D eigenvalue weighted by molar-refractivity contribution is -0.167. The number of hydrogen-bond donors (Lipinski definition) is 2. The van der Waals surface area contributed by atoms with Gasteiger partial charge in [0.25, 0.3) is 0 Å². The fourth-order valence-corrected chi connectivity index (χ4v) is 15.1. The van der Waals surface area contributed by atoms with Crippen LogP contribution in [-0.4, -0.2) is 69.8 Å². The van der Waals surface area contributed by atoms with E-state index < -0.39 is 16.7 Å². The van der Waals surface area contributed by atoms with Gasteiger partial charge in [-0.15, -0.1) is 0 Å². The molecule has 1 aromatic heterocycles. The summed E-state index contributed by atoms with van der Waals surface area (Å²) in [4.78, 5) is 18.4. The Balaban J connectivity index is 0.922. The molecule has 1 saturated heterocycles. The van der Waals surface area contributed by atoms with Crippen LogP contribution in [0.2, 0.25) is 0 Å². The maximum absolute atomic E-state index is 11.9. The zero-order valence-electron chi connectivity index (χ0n) is 32.6. The van der Waals surface area contributed by atoms with Gasteiger partial charge in [0.2, 0.25) is 11.8 Å². The van der Waals surface area contributed by atoms with Gasteiger partial charge < -0.3 is 20.7 Å². The second-order valence-electron chi connectivity index (χ2n) is 19.3. The lowest BCUT2D eigenvalue weighted by Crippen LogP contribution is -2.64. The average Bonchev–Trinajstić information content (AvgIpc) is 3.56. The highest BCUT2D eigenvalue weighted by atomic mass is 32.2.